The second-order valence-corrected chi connectivity index (χ2v) is 3.52. The lowest BCUT2D eigenvalue weighted by Crippen LogP contribution is -2.21. The van der Waals surface area contributed by atoms with Crippen molar-refractivity contribution in [3.8, 4) is 11.8 Å². The van der Waals surface area contributed by atoms with Gasteiger partial charge in [0, 0.05) is 12.7 Å². The molecule has 0 unspecified atom stereocenters. The minimum absolute atomic E-state index is 0.209. The zero-order valence-electron chi connectivity index (χ0n) is 9.27. The highest BCUT2D eigenvalue weighted by Crippen LogP contribution is 2.03. The van der Waals surface area contributed by atoms with Crippen LogP contribution in [-0.2, 0) is 6.54 Å². The van der Waals surface area contributed by atoms with Gasteiger partial charge >= 0.3 is 0 Å². The SMILES string of the molecule is C=C(C)COc1cccn(CCC#N)c1=O. The van der Waals surface area contributed by atoms with Gasteiger partial charge in [0.05, 0.1) is 12.5 Å². The maximum Gasteiger partial charge on any atom is 0.292 e. The molecule has 0 aliphatic carbocycles. The second-order valence-electron chi connectivity index (χ2n) is 3.52. The Kier molecular flexibility index (Phi) is 4.34. The van der Waals surface area contributed by atoms with Gasteiger partial charge in [0.25, 0.3) is 5.56 Å². The van der Waals surface area contributed by atoms with E-state index >= 15 is 0 Å². The summed E-state index contributed by atoms with van der Waals surface area (Å²) in [5, 5.41) is 8.46. The lowest BCUT2D eigenvalue weighted by molar-refractivity contribution is 0.344. The standard InChI is InChI=1S/C12H14N2O2/c1-10(2)9-16-11-5-3-7-14(12(11)15)8-4-6-13/h3,5,7H,1,4,8-9H2,2H3. The molecule has 84 valence electrons. The van der Waals surface area contributed by atoms with Crippen LogP contribution in [0.15, 0.2) is 35.3 Å². The van der Waals surface area contributed by atoms with Gasteiger partial charge in [0.1, 0.15) is 6.61 Å². The summed E-state index contributed by atoms with van der Waals surface area (Å²) >= 11 is 0. The second kappa shape index (κ2) is 5.76. The molecule has 0 saturated carbocycles. The van der Waals surface area contributed by atoms with E-state index in [4.69, 9.17) is 10.00 Å². The summed E-state index contributed by atoms with van der Waals surface area (Å²) in [7, 11) is 0. The molecule has 1 aromatic heterocycles. The molecule has 4 nitrogen and oxygen atoms in total. The lowest BCUT2D eigenvalue weighted by atomic mass is 10.3. The number of hydrogen-bond donors (Lipinski definition) is 0. The number of hydrogen-bond acceptors (Lipinski definition) is 3. The van der Waals surface area contributed by atoms with Crippen molar-refractivity contribution in [2.45, 2.75) is 19.9 Å². The summed E-state index contributed by atoms with van der Waals surface area (Å²) in [4.78, 5) is 11.8. The van der Waals surface area contributed by atoms with Crippen LogP contribution in [0.3, 0.4) is 0 Å². The Morgan fingerprint density at radius 3 is 3.06 bits per heavy atom. The van der Waals surface area contributed by atoms with E-state index in [0.717, 1.165) is 5.57 Å². The van der Waals surface area contributed by atoms with Crippen LogP contribution < -0.4 is 10.3 Å². The van der Waals surface area contributed by atoms with E-state index in [1.54, 1.807) is 18.3 Å². The van der Waals surface area contributed by atoms with Crippen molar-refractivity contribution >= 4 is 0 Å². The van der Waals surface area contributed by atoms with Gasteiger partial charge in [-0.25, -0.2) is 0 Å². The maximum absolute atomic E-state index is 11.8. The minimum atomic E-state index is -0.209. The van der Waals surface area contributed by atoms with Crippen LogP contribution in [0.5, 0.6) is 5.75 Å². The molecule has 16 heavy (non-hydrogen) atoms. The molecule has 0 fully saturated rings. The van der Waals surface area contributed by atoms with Gasteiger partial charge in [-0.15, -0.1) is 0 Å². The van der Waals surface area contributed by atoms with Crippen LogP contribution in [-0.4, -0.2) is 11.2 Å². The van der Waals surface area contributed by atoms with Gasteiger partial charge < -0.3 is 9.30 Å². The quantitative estimate of drug-likeness (QED) is 0.707. The van der Waals surface area contributed by atoms with Gasteiger partial charge in [0.15, 0.2) is 5.75 Å². The fourth-order valence-electron chi connectivity index (χ4n) is 1.17. The van der Waals surface area contributed by atoms with E-state index in [-0.39, 0.29) is 5.56 Å². The molecule has 1 aromatic rings. The van der Waals surface area contributed by atoms with E-state index in [2.05, 4.69) is 6.58 Å². The molecule has 0 amide bonds. The highest BCUT2D eigenvalue weighted by Gasteiger charge is 2.03. The summed E-state index contributed by atoms with van der Waals surface area (Å²) in [5.41, 5.74) is 0.644. The predicted molar refractivity (Wildman–Crippen MR) is 61.2 cm³/mol. The molecule has 0 atom stereocenters. The van der Waals surface area contributed by atoms with Crippen molar-refractivity contribution in [1.29, 1.82) is 5.26 Å². The smallest absolute Gasteiger partial charge is 0.292 e. The number of rotatable bonds is 5. The van der Waals surface area contributed by atoms with Crippen LogP contribution in [0.4, 0.5) is 0 Å². The molecule has 0 saturated heterocycles. The van der Waals surface area contributed by atoms with Crippen molar-refractivity contribution in [2.24, 2.45) is 0 Å². The van der Waals surface area contributed by atoms with Crippen LogP contribution in [0.1, 0.15) is 13.3 Å². The number of pyridine rings is 1. The molecular formula is C12H14N2O2. The van der Waals surface area contributed by atoms with Crippen molar-refractivity contribution in [2.75, 3.05) is 6.61 Å². The van der Waals surface area contributed by atoms with Crippen LogP contribution >= 0.6 is 0 Å². The zero-order chi connectivity index (χ0) is 12.0. The maximum atomic E-state index is 11.8. The Labute approximate surface area is 94.4 Å². The Morgan fingerprint density at radius 2 is 2.44 bits per heavy atom. The molecule has 1 rings (SSSR count). The fourth-order valence-corrected chi connectivity index (χ4v) is 1.17. The average molecular weight is 218 g/mol. The minimum Gasteiger partial charge on any atom is -0.484 e. The van der Waals surface area contributed by atoms with Gasteiger partial charge in [0.2, 0.25) is 0 Å². The van der Waals surface area contributed by atoms with Crippen molar-refractivity contribution < 1.29 is 4.74 Å². The van der Waals surface area contributed by atoms with Gasteiger partial charge in [-0.05, 0) is 24.6 Å². The first-order valence-corrected chi connectivity index (χ1v) is 4.98. The Morgan fingerprint density at radius 1 is 1.69 bits per heavy atom. The van der Waals surface area contributed by atoms with Crippen LogP contribution in [0.25, 0.3) is 0 Å². The number of aryl methyl sites for hydroxylation is 1. The van der Waals surface area contributed by atoms with E-state index in [1.807, 2.05) is 13.0 Å². The number of aromatic nitrogens is 1. The first-order chi connectivity index (χ1) is 7.65. The molecule has 0 aliphatic rings. The lowest BCUT2D eigenvalue weighted by Gasteiger charge is -2.07. The normalized spacial score (nSPS) is 9.50. The monoisotopic (exact) mass is 218 g/mol. The summed E-state index contributed by atoms with van der Waals surface area (Å²) in [6.07, 6.45) is 1.96. The molecule has 1 heterocycles. The Bertz CT molecular complexity index is 469. The topological polar surface area (TPSA) is 55.0 Å². The summed E-state index contributed by atoms with van der Waals surface area (Å²) in [6.45, 7) is 6.24. The third-order valence-electron chi connectivity index (χ3n) is 1.92. The van der Waals surface area contributed by atoms with Crippen molar-refractivity contribution in [3.63, 3.8) is 0 Å². The average Bonchev–Trinajstić information content (AvgIpc) is 2.26. The van der Waals surface area contributed by atoms with Crippen LogP contribution in [0.2, 0.25) is 0 Å². The first kappa shape index (κ1) is 12.1. The third-order valence-corrected chi connectivity index (χ3v) is 1.92. The van der Waals surface area contributed by atoms with Crippen molar-refractivity contribution in [3.05, 3.63) is 40.8 Å². The fraction of sp³-hybridized carbons (Fsp3) is 0.333. The molecule has 0 bridgehead atoms. The molecule has 0 N–H and O–H groups in total. The van der Waals surface area contributed by atoms with E-state index in [1.165, 1.54) is 4.57 Å². The number of ether oxygens (including phenoxy) is 1. The highest BCUT2D eigenvalue weighted by atomic mass is 16.5. The van der Waals surface area contributed by atoms with Crippen molar-refractivity contribution in [1.82, 2.24) is 4.57 Å². The van der Waals surface area contributed by atoms with E-state index in [0.29, 0.717) is 25.3 Å². The first-order valence-electron chi connectivity index (χ1n) is 4.98. The predicted octanol–water partition coefficient (Wildman–Crippen LogP) is 1.72. The van der Waals surface area contributed by atoms with E-state index < -0.39 is 0 Å². The van der Waals surface area contributed by atoms with Gasteiger partial charge in [-0.2, -0.15) is 5.26 Å². The van der Waals surface area contributed by atoms with Gasteiger partial charge in [-0.3, -0.25) is 4.79 Å². The Hall–Kier alpha value is -2.02. The Balaban J connectivity index is 2.83. The molecule has 0 aliphatic heterocycles. The number of nitriles is 1. The summed E-state index contributed by atoms with van der Waals surface area (Å²) < 4.78 is 6.77. The summed E-state index contributed by atoms with van der Waals surface area (Å²) in [6, 6.07) is 5.35. The molecule has 0 radical (unpaired) electrons. The highest BCUT2D eigenvalue weighted by molar-refractivity contribution is 5.18. The van der Waals surface area contributed by atoms with Gasteiger partial charge in [-0.1, -0.05) is 6.58 Å². The zero-order valence-corrected chi connectivity index (χ0v) is 9.27. The van der Waals surface area contributed by atoms with Crippen LogP contribution in [0, 0.1) is 11.3 Å². The molecule has 0 aromatic carbocycles. The molecular weight excluding hydrogens is 204 g/mol. The third kappa shape index (κ3) is 3.28. The number of nitrogens with zero attached hydrogens (tertiary/aromatic N) is 2. The molecule has 0 spiro atoms. The summed E-state index contributed by atoms with van der Waals surface area (Å²) in [5.74, 6) is 0.295. The van der Waals surface area contributed by atoms with E-state index in [9.17, 15) is 4.79 Å². The molecule has 4 heteroatoms. The largest absolute Gasteiger partial charge is 0.484 e.